The van der Waals surface area contributed by atoms with Gasteiger partial charge in [-0.05, 0) is 34.6 Å². The van der Waals surface area contributed by atoms with E-state index >= 15 is 0 Å². The van der Waals surface area contributed by atoms with Crippen molar-refractivity contribution in [2.45, 2.75) is 45.6 Å². The van der Waals surface area contributed by atoms with E-state index in [-0.39, 0.29) is 37.4 Å². The van der Waals surface area contributed by atoms with E-state index in [2.05, 4.69) is 24.5 Å². The summed E-state index contributed by atoms with van der Waals surface area (Å²) in [6.07, 6.45) is 3.41. The number of hydrogen-bond donors (Lipinski definition) is 2. The first-order valence-electron chi connectivity index (χ1n) is 10.6. The molecule has 2 aromatic rings. The molecule has 2 aromatic carbocycles. The quantitative estimate of drug-likeness (QED) is 0.688. The Morgan fingerprint density at radius 2 is 1.77 bits per heavy atom. The summed E-state index contributed by atoms with van der Waals surface area (Å²) in [4.78, 5) is 36.2. The van der Waals surface area contributed by atoms with Crippen LogP contribution in [-0.2, 0) is 25.5 Å². The first-order valence-corrected chi connectivity index (χ1v) is 10.6. The molecule has 1 aliphatic carbocycles. The number of nitrogens with one attached hydrogen (secondary N) is 2. The van der Waals surface area contributed by atoms with E-state index in [9.17, 15) is 14.4 Å². The van der Waals surface area contributed by atoms with E-state index < -0.39 is 5.97 Å². The van der Waals surface area contributed by atoms with E-state index in [0.29, 0.717) is 11.8 Å². The summed E-state index contributed by atoms with van der Waals surface area (Å²) in [6, 6.07) is 13.8. The highest BCUT2D eigenvalue weighted by molar-refractivity contribution is 5.91. The molecule has 1 aliphatic rings. The lowest BCUT2D eigenvalue weighted by molar-refractivity contribution is -0.148. The van der Waals surface area contributed by atoms with E-state index in [1.807, 2.05) is 42.5 Å². The van der Waals surface area contributed by atoms with E-state index in [0.717, 1.165) is 29.2 Å². The molecule has 6 nitrogen and oxygen atoms in total. The summed E-state index contributed by atoms with van der Waals surface area (Å²) >= 11 is 0. The third kappa shape index (κ3) is 5.81. The average molecular weight is 411 g/mol. The maximum Gasteiger partial charge on any atom is 0.325 e. The van der Waals surface area contributed by atoms with E-state index in [4.69, 9.17) is 4.74 Å². The van der Waals surface area contributed by atoms with E-state index in [1.54, 1.807) is 0 Å². The van der Waals surface area contributed by atoms with Crippen LogP contribution in [0.25, 0.3) is 10.8 Å². The second-order valence-corrected chi connectivity index (χ2v) is 8.19. The minimum absolute atomic E-state index is 0.125. The maximum atomic E-state index is 12.2. The molecule has 0 unspecified atom stereocenters. The molecular formula is C24H30N2O4. The number of esters is 1. The average Bonchev–Trinajstić information content (AvgIpc) is 2.74. The number of ether oxygens (including phenoxy) is 1. The molecule has 2 amide bonds. The van der Waals surface area contributed by atoms with Crippen molar-refractivity contribution in [3.05, 3.63) is 48.0 Å². The second-order valence-electron chi connectivity index (χ2n) is 8.19. The van der Waals surface area contributed by atoms with Crippen molar-refractivity contribution in [1.82, 2.24) is 10.6 Å². The van der Waals surface area contributed by atoms with Crippen LogP contribution < -0.4 is 10.6 Å². The van der Waals surface area contributed by atoms with Gasteiger partial charge in [0.15, 0.2) is 6.61 Å². The fourth-order valence-corrected chi connectivity index (χ4v) is 4.08. The molecule has 0 heterocycles. The fourth-order valence-electron chi connectivity index (χ4n) is 4.08. The van der Waals surface area contributed by atoms with Gasteiger partial charge in [-0.25, -0.2) is 0 Å². The molecule has 3 atom stereocenters. The van der Waals surface area contributed by atoms with Crippen LogP contribution in [0.5, 0.6) is 0 Å². The monoisotopic (exact) mass is 410 g/mol. The predicted octanol–water partition coefficient (Wildman–Crippen LogP) is 2.98. The van der Waals surface area contributed by atoms with Crippen LogP contribution in [0.2, 0.25) is 0 Å². The Hall–Kier alpha value is -2.89. The molecule has 0 spiro atoms. The summed E-state index contributed by atoms with van der Waals surface area (Å²) in [5.74, 6) is -0.203. The zero-order valence-electron chi connectivity index (χ0n) is 17.6. The highest BCUT2D eigenvalue weighted by Gasteiger charge is 2.28. The summed E-state index contributed by atoms with van der Waals surface area (Å²) in [5.41, 5.74) is 0.897. The van der Waals surface area contributed by atoms with Gasteiger partial charge in [0, 0.05) is 6.04 Å². The van der Waals surface area contributed by atoms with Crippen LogP contribution in [0, 0.1) is 11.8 Å². The minimum Gasteiger partial charge on any atom is -0.454 e. The van der Waals surface area contributed by atoms with Crippen LogP contribution in [0.1, 0.15) is 38.7 Å². The van der Waals surface area contributed by atoms with Crippen LogP contribution in [0.4, 0.5) is 0 Å². The van der Waals surface area contributed by atoms with E-state index in [1.165, 1.54) is 6.42 Å². The molecule has 160 valence electrons. The summed E-state index contributed by atoms with van der Waals surface area (Å²) in [6.45, 7) is 3.76. The van der Waals surface area contributed by atoms with Gasteiger partial charge >= 0.3 is 5.97 Å². The largest absolute Gasteiger partial charge is 0.454 e. The lowest BCUT2D eigenvalue weighted by Gasteiger charge is -2.34. The molecule has 0 saturated heterocycles. The van der Waals surface area contributed by atoms with Gasteiger partial charge in [-0.2, -0.15) is 0 Å². The van der Waals surface area contributed by atoms with Crippen LogP contribution in [-0.4, -0.2) is 37.0 Å². The highest BCUT2D eigenvalue weighted by atomic mass is 16.5. The standard InChI is InChI=1S/C24H30N2O4/c1-16-7-5-12-21(17(16)2)26-23(28)15-30-24(29)14-25-22(27)13-19-10-6-9-18-8-3-4-11-20(18)19/h3-4,6,8-11,16-17,21H,5,7,12-15H2,1-2H3,(H,25,27)(H,26,28)/t16-,17-,21-/m1/s1. The first-order chi connectivity index (χ1) is 14.4. The van der Waals surface area contributed by atoms with Gasteiger partial charge in [-0.3, -0.25) is 14.4 Å². The van der Waals surface area contributed by atoms with Crippen molar-refractivity contribution in [3.63, 3.8) is 0 Å². The summed E-state index contributed by atoms with van der Waals surface area (Å²) in [5, 5.41) is 7.61. The lowest BCUT2D eigenvalue weighted by Crippen LogP contribution is -2.45. The van der Waals surface area contributed by atoms with Gasteiger partial charge in [0.2, 0.25) is 5.91 Å². The maximum absolute atomic E-state index is 12.2. The molecule has 30 heavy (non-hydrogen) atoms. The SMILES string of the molecule is C[C@@H]1[C@H](C)CCC[C@H]1NC(=O)COC(=O)CNC(=O)Cc1cccc2ccccc12. The number of fused-ring (bicyclic) bond motifs is 1. The molecule has 0 radical (unpaired) electrons. The number of carbonyl (C=O) groups is 3. The van der Waals surface area contributed by atoms with Crippen molar-refractivity contribution >= 4 is 28.6 Å². The Bertz CT molecular complexity index is 906. The van der Waals surface area contributed by atoms with Crippen molar-refractivity contribution in [3.8, 4) is 0 Å². The Labute approximate surface area is 177 Å². The third-order valence-electron chi connectivity index (χ3n) is 6.08. The smallest absolute Gasteiger partial charge is 0.325 e. The van der Waals surface area contributed by atoms with Gasteiger partial charge in [0.05, 0.1) is 6.42 Å². The van der Waals surface area contributed by atoms with Crippen LogP contribution in [0.15, 0.2) is 42.5 Å². The zero-order valence-corrected chi connectivity index (χ0v) is 17.6. The lowest BCUT2D eigenvalue weighted by atomic mass is 9.78. The topological polar surface area (TPSA) is 84.5 Å². The molecule has 0 aromatic heterocycles. The fraction of sp³-hybridized carbons (Fsp3) is 0.458. The van der Waals surface area contributed by atoms with Crippen molar-refractivity contribution in [1.29, 1.82) is 0 Å². The van der Waals surface area contributed by atoms with Gasteiger partial charge < -0.3 is 15.4 Å². The van der Waals surface area contributed by atoms with Gasteiger partial charge in [0.1, 0.15) is 6.54 Å². The Balaban J connectivity index is 1.40. The number of carbonyl (C=O) groups excluding carboxylic acids is 3. The molecular weight excluding hydrogens is 380 g/mol. The number of hydrogen-bond acceptors (Lipinski definition) is 4. The highest BCUT2D eigenvalue weighted by Crippen LogP contribution is 2.29. The Morgan fingerprint density at radius 3 is 2.60 bits per heavy atom. The van der Waals surface area contributed by atoms with Gasteiger partial charge in [0.25, 0.3) is 5.91 Å². The van der Waals surface area contributed by atoms with Crippen LogP contribution in [0.3, 0.4) is 0 Å². The predicted molar refractivity (Wildman–Crippen MR) is 116 cm³/mol. The summed E-state index contributed by atoms with van der Waals surface area (Å²) in [7, 11) is 0. The number of rotatable bonds is 7. The van der Waals surface area contributed by atoms with Gasteiger partial charge in [-0.1, -0.05) is 69.2 Å². The molecule has 1 saturated carbocycles. The van der Waals surface area contributed by atoms with Crippen molar-refractivity contribution in [2.24, 2.45) is 11.8 Å². The first kappa shape index (κ1) is 21.8. The molecule has 0 aliphatic heterocycles. The molecule has 2 N–H and O–H groups in total. The Kier molecular flexibility index (Phi) is 7.44. The number of benzene rings is 2. The van der Waals surface area contributed by atoms with Gasteiger partial charge in [-0.15, -0.1) is 0 Å². The number of amides is 2. The van der Waals surface area contributed by atoms with Crippen molar-refractivity contribution < 1.29 is 19.1 Å². The molecule has 3 rings (SSSR count). The van der Waals surface area contributed by atoms with Crippen molar-refractivity contribution in [2.75, 3.05) is 13.2 Å². The Morgan fingerprint density at radius 1 is 1.00 bits per heavy atom. The second kappa shape index (κ2) is 10.2. The summed E-state index contributed by atoms with van der Waals surface area (Å²) < 4.78 is 5.01. The normalized spacial score (nSPS) is 21.1. The molecule has 1 fully saturated rings. The molecule has 6 heteroatoms. The minimum atomic E-state index is -0.624. The van der Waals surface area contributed by atoms with Crippen LogP contribution >= 0.6 is 0 Å². The zero-order chi connectivity index (χ0) is 21.5. The third-order valence-corrected chi connectivity index (χ3v) is 6.08. The molecule has 0 bridgehead atoms.